The van der Waals surface area contributed by atoms with E-state index in [-0.39, 0.29) is 0 Å². The van der Waals surface area contributed by atoms with Crippen LogP contribution in [0.2, 0.25) is 0 Å². The molecule has 0 spiro atoms. The number of hydrogen-bond donors (Lipinski definition) is 1. The molecule has 0 saturated carbocycles. The Morgan fingerprint density at radius 3 is 2.94 bits per heavy atom. The molecule has 2 aromatic heterocycles. The first kappa shape index (κ1) is 12.1. The Morgan fingerprint density at radius 2 is 2.28 bits per heavy atom. The minimum absolute atomic E-state index is 0.422. The lowest BCUT2D eigenvalue weighted by molar-refractivity contribution is 0.465. The fourth-order valence-corrected chi connectivity index (χ4v) is 1.59. The average Bonchev–Trinajstić information content (AvgIpc) is 2.84. The smallest absolute Gasteiger partial charge is 0.213 e. The molecule has 2 heterocycles. The van der Waals surface area contributed by atoms with Gasteiger partial charge in [0.05, 0.1) is 18.3 Å². The number of rotatable bonds is 4. The molecule has 0 aliphatic carbocycles. The molecule has 0 aliphatic heterocycles. The van der Waals surface area contributed by atoms with Gasteiger partial charge in [-0.2, -0.15) is 5.26 Å². The van der Waals surface area contributed by atoms with Crippen molar-refractivity contribution in [2.24, 2.45) is 0 Å². The molecule has 2 aromatic rings. The van der Waals surface area contributed by atoms with Crippen LogP contribution in [0, 0.1) is 18.3 Å². The van der Waals surface area contributed by atoms with Crippen LogP contribution in [0.25, 0.3) is 0 Å². The normalized spacial score (nSPS) is 10.1. The van der Waals surface area contributed by atoms with Gasteiger partial charge in [-0.25, -0.2) is 9.97 Å². The minimum atomic E-state index is 0.422. The molecule has 2 rings (SSSR count). The van der Waals surface area contributed by atoms with Crippen LogP contribution >= 0.6 is 0 Å². The van der Waals surface area contributed by atoms with E-state index < -0.39 is 0 Å². The van der Waals surface area contributed by atoms with E-state index >= 15 is 0 Å². The Labute approximate surface area is 105 Å². The SMILES string of the molecule is CCc1cnc(CNc2nccc(C)c2C#N)o1. The molecule has 5 nitrogen and oxygen atoms in total. The molecule has 0 radical (unpaired) electrons. The first-order chi connectivity index (χ1) is 8.74. The fourth-order valence-electron chi connectivity index (χ4n) is 1.59. The van der Waals surface area contributed by atoms with E-state index in [1.165, 1.54) is 0 Å². The van der Waals surface area contributed by atoms with Crippen molar-refractivity contribution in [2.45, 2.75) is 26.8 Å². The molecule has 0 aliphatic rings. The number of aromatic nitrogens is 2. The zero-order valence-electron chi connectivity index (χ0n) is 10.4. The molecule has 0 amide bonds. The third kappa shape index (κ3) is 2.48. The maximum Gasteiger partial charge on any atom is 0.213 e. The van der Waals surface area contributed by atoms with Crippen molar-refractivity contribution < 1.29 is 4.42 Å². The maximum atomic E-state index is 9.07. The second-order valence-electron chi connectivity index (χ2n) is 3.89. The van der Waals surface area contributed by atoms with Crippen LogP contribution in [0.5, 0.6) is 0 Å². The van der Waals surface area contributed by atoms with Crippen molar-refractivity contribution in [3.8, 4) is 6.07 Å². The van der Waals surface area contributed by atoms with Crippen LogP contribution < -0.4 is 5.32 Å². The molecule has 0 bridgehead atoms. The van der Waals surface area contributed by atoms with E-state index in [0.717, 1.165) is 17.7 Å². The second-order valence-corrected chi connectivity index (χ2v) is 3.89. The highest BCUT2D eigenvalue weighted by Gasteiger charge is 2.08. The van der Waals surface area contributed by atoms with Crippen LogP contribution in [0.15, 0.2) is 22.9 Å². The summed E-state index contributed by atoms with van der Waals surface area (Å²) in [5, 5.41) is 12.1. The Hall–Kier alpha value is -2.35. The van der Waals surface area contributed by atoms with Gasteiger partial charge in [-0.05, 0) is 18.6 Å². The minimum Gasteiger partial charge on any atom is -0.444 e. The van der Waals surface area contributed by atoms with Gasteiger partial charge in [0.2, 0.25) is 5.89 Å². The lowest BCUT2D eigenvalue weighted by Crippen LogP contribution is -2.04. The number of anilines is 1. The van der Waals surface area contributed by atoms with Gasteiger partial charge in [-0.15, -0.1) is 0 Å². The summed E-state index contributed by atoms with van der Waals surface area (Å²) in [6.45, 7) is 4.31. The Bertz CT molecular complexity index is 583. The number of oxazole rings is 1. The van der Waals surface area contributed by atoms with Gasteiger partial charge in [0.1, 0.15) is 17.6 Å². The van der Waals surface area contributed by atoms with E-state index in [4.69, 9.17) is 9.68 Å². The highest BCUT2D eigenvalue weighted by Crippen LogP contribution is 2.16. The van der Waals surface area contributed by atoms with Gasteiger partial charge in [0.15, 0.2) is 0 Å². The zero-order chi connectivity index (χ0) is 13.0. The predicted molar refractivity (Wildman–Crippen MR) is 66.9 cm³/mol. The molecule has 0 saturated heterocycles. The summed E-state index contributed by atoms with van der Waals surface area (Å²) in [5.74, 6) is 2.01. The number of pyridine rings is 1. The summed E-state index contributed by atoms with van der Waals surface area (Å²) < 4.78 is 5.47. The third-order valence-electron chi connectivity index (χ3n) is 2.63. The Kier molecular flexibility index (Phi) is 3.58. The summed E-state index contributed by atoms with van der Waals surface area (Å²) in [4.78, 5) is 8.29. The van der Waals surface area contributed by atoms with Crippen molar-refractivity contribution in [3.63, 3.8) is 0 Å². The largest absolute Gasteiger partial charge is 0.444 e. The topological polar surface area (TPSA) is 74.7 Å². The number of hydrogen-bond acceptors (Lipinski definition) is 5. The van der Waals surface area contributed by atoms with Crippen LogP contribution in [-0.4, -0.2) is 9.97 Å². The number of nitrogens with zero attached hydrogens (tertiary/aromatic N) is 3. The van der Waals surface area contributed by atoms with Gasteiger partial charge in [-0.1, -0.05) is 6.92 Å². The lowest BCUT2D eigenvalue weighted by atomic mass is 10.1. The monoisotopic (exact) mass is 242 g/mol. The second kappa shape index (κ2) is 5.32. The summed E-state index contributed by atoms with van der Waals surface area (Å²) in [5.41, 5.74) is 1.46. The summed E-state index contributed by atoms with van der Waals surface area (Å²) in [7, 11) is 0. The van der Waals surface area contributed by atoms with Gasteiger partial charge < -0.3 is 9.73 Å². The molecule has 0 aromatic carbocycles. The highest BCUT2D eigenvalue weighted by atomic mass is 16.4. The summed E-state index contributed by atoms with van der Waals surface area (Å²) >= 11 is 0. The quantitative estimate of drug-likeness (QED) is 0.891. The van der Waals surface area contributed by atoms with Crippen molar-refractivity contribution in [3.05, 3.63) is 41.2 Å². The molecular formula is C13H14N4O. The van der Waals surface area contributed by atoms with Crippen LogP contribution in [-0.2, 0) is 13.0 Å². The van der Waals surface area contributed by atoms with E-state index in [1.54, 1.807) is 12.4 Å². The zero-order valence-corrected chi connectivity index (χ0v) is 10.4. The van der Waals surface area contributed by atoms with Crippen LogP contribution in [0.3, 0.4) is 0 Å². The van der Waals surface area contributed by atoms with Crippen molar-refractivity contribution >= 4 is 5.82 Å². The van der Waals surface area contributed by atoms with Gasteiger partial charge in [0.25, 0.3) is 0 Å². The summed E-state index contributed by atoms with van der Waals surface area (Å²) in [6.07, 6.45) is 4.20. The first-order valence-electron chi connectivity index (χ1n) is 5.77. The van der Waals surface area contributed by atoms with Gasteiger partial charge in [-0.3, -0.25) is 0 Å². The molecule has 5 heteroatoms. The highest BCUT2D eigenvalue weighted by molar-refractivity contribution is 5.55. The van der Waals surface area contributed by atoms with E-state index in [2.05, 4.69) is 21.4 Å². The van der Waals surface area contributed by atoms with Crippen LogP contribution in [0.1, 0.15) is 29.7 Å². The molecule has 92 valence electrons. The number of nitriles is 1. The van der Waals surface area contributed by atoms with E-state index in [9.17, 15) is 0 Å². The lowest BCUT2D eigenvalue weighted by Gasteiger charge is -2.06. The standard InChI is InChI=1S/C13H14N4O/c1-3-10-7-16-12(18-10)8-17-13-11(6-14)9(2)4-5-15-13/h4-5,7H,3,8H2,1-2H3,(H,15,17). The predicted octanol–water partition coefficient (Wildman–Crippen LogP) is 2.42. The third-order valence-corrected chi connectivity index (χ3v) is 2.63. The molecule has 18 heavy (non-hydrogen) atoms. The molecule has 0 fully saturated rings. The number of aryl methyl sites for hydroxylation is 2. The summed E-state index contributed by atoms with van der Waals surface area (Å²) in [6, 6.07) is 3.95. The fraction of sp³-hybridized carbons (Fsp3) is 0.308. The van der Waals surface area contributed by atoms with Crippen molar-refractivity contribution in [2.75, 3.05) is 5.32 Å². The Morgan fingerprint density at radius 1 is 1.44 bits per heavy atom. The average molecular weight is 242 g/mol. The van der Waals surface area contributed by atoms with E-state index in [1.807, 2.05) is 19.9 Å². The number of nitrogens with one attached hydrogen (secondary N) is 1. The van der Waals surface area contributed by atoms with Gasteiger partial charge >= 0.3 is 0 Å². The molecule has 0 atom stereocenters. The Balaban J connectivity index is 2.11. The van der Waals surface area contributed by atoms with Crippen molar-refractivity contribution in [1.82, 2.24) is 9.97 Å². The van der Waals surface area contributed by atoms with Crippen molar-refractivity contribution in [1.29, 1.82) is 5.26 Å². The maximum absolute atomic E-state index is 9.07. The van der Waals surface area contributed by atoms with Gasteiger partial charge in [0, 0.05) is 12.6 Å². The molecular weight excluding hydrogens is 228 g/mol. The first-order valence-corrected chi connectivity index (χ1v) is 5.77. The van der Waals surface area contributed by atoms with Crippen LogP contribution in [0.4, 0.5) is 5.82 Å². The molecule has 1 N–H and O–H groups in total. The molecule has 0 unspecified atom stereocenters. The van der Waals surface area contributed by atoms with E-state index in [0.29, 0.717) is 23.8 Å².